The second-order valence-corrected chi connectivity index (χ2v) is 4.79. The molecule has 1 atom stereocenters. The van der Waals surface area contributed by atoms with Crippen LogP contribution in [0.3, 0.4) is 0 Å². The van der Waals surface area contributed by atoms with E-state index in [9.17, 15) is 4.79 Å². The van der Waals surface area contributed by atoms with Gasteiger partial charge in [-0.05, 0) is 19.1 Å². The SMILES string of the molecule is COc1cccc(N2CC(c3nc(C)no3)CC2=O)c1. The van der Waals surface area contributed by atoms with Gasteiger partial charge in [0.15, 0.2) is 5.82 Å². The van der Waals surface area contributed by atoms with Gasteiger partial charge in [0.1, 0.15) is 5.75 Å². The lowest BCUT2D eigenvalue weighted by molar-refractivity contribution is -0.117. The number of hydrogen-bond acceptors (Lipinski definition) is 5. The molecule has 3 rings (SSSR count). The molecule has 1 unspecified atom stereocenters. The van der Waals surface area contributed by atoms with Crippen LogP contribution in [0.15, 0.2) is 28.8 Å². The molecule has 1 saturated heterocycles. The Balaban J connectivity index is 1.83. The predicted octanol–water partition coefficient (Wildman–Crippen LogP) is 1.91. The summed E-state index contributed by atoms with van der Waals surface area (Å²) in [4.78, 5) is 18.1. The van der Waals surface area contributed by atoms with E-state index in [4.69, 9.17) is 9.26 Å². The molecular formula is C14H15N3O3. The van der Waals surface area contributed by atoms with Gasteiger partial charge < -0.3 is 14.2 Å². The summed E-state index contributed by atoms with van der Waals surface area (Å²) in [7, 11) is 1.61. The van der Waals surface area contributed by atoms with Gasteiger partial charge >= 0.3 is 0 Å². The summed E-state index contributed by atoms with van der Waals surface area (Å²) in [6.45, 7) is 2.32. The Morgan fingerprint density at radius 1 is 1.45 bits per heavy atom. The molecule has 0 saturated carbocycles. The maximum absolute atomic E-state index is 12.2. The van der Waals surface area contributed by atoms with Gasteiger partial charge in [-0.25, -0.2) is 0 Å². The molecule has 6 heteroatoms. The number of methoxy groups -OCH3 is 1. The molecule has 1 aliphatic heterocycles. The first-order chi connectivity index (χ1) is 9.67. The summed E-state index contributed by atoms with van der Waals surface area (Å²) >= 11 is 0. The maximum atomic E-state index is 12.2. The molecule has 0 bridgehead atoms. The lowest BCUT2D eigenvalue weighted by atomic mass is 10.1. The monoisotopic (exact) mass is 273 g/mol. The summed E-state index contributed by atoms with van der Waals surface area (Å²) < 4.78 is 10.3. The zero-order valence-electron chi connectivity index (χ0n) is 11.4. The molecule has 6 nitrogen and oxygen atoms in total. The van der Waals surface area contributed by atoms with Crippen LogP contribution in [-0.2, 0) is 4.79 Å². The first kappa shape index (κ1) is 12.7. The molecule has 1 aliphatic rings. The third kappa shape index (κ3) is 2.24. The van der Waals surface area contributed by atoms with Crippen molar-refractivity contribution in [1.82, 2.24) is 10.1 Å². The van der Waals surface area contributed by atoms with Gasteiger partial charge in [-0.3, -0.25) is 4.79 Å². The third-order valence-electron chi connectivity index (χ3n) is 3.38. The number of ether oxygens (including phenoxy) is 1. The summed E-state index contributed by atoms with van der Waals surface area (Å²) in [6.07, 6.45) is 0.388. The van der Waals surface area contributed by atoms with Crippen LogP contribution in [0, 0.1) is 6.92 Å². The summed E-state index contributed by atoms with van der Waals surface area (Å²) in [5.74, 6) is 1.86. The number of amides is 1. The van der Waals surface area contributed by atoms with Crippen molar-refractivity contribution in [1.29, 1.82) is 0 Å². The fraction of sp³-hybridized carbons (Fsp3) is 0.357. The molecule has 20 heavy (non-hydrogen) atoms. The Bertz CT molecular complexity index is 638. The van der Waals surface area contributed by atoms with E-state index in [0.717, 1.165) is 11.4 Å². The highest BCUT2D eigenvalue weighted by atomic mass is 16.5. The van der Waals surface area contributed by atoms with Gasteiger partial charge in [-0.1, -0.05) is 11.2 Å². The average molecular weight is 273 g/mol. The number of aryl methyl sites for hydroxylation is 1. The van der Waals surface area contributed by atoms with Gasteiger partial charge in [-0.15, -0.1) is 0 Å². The molecule has 2 aromatic rings. The van der Waals surface area contributed by atoms with Crippen molar-refractivity contribution in [2.75, 3.05) is 18.6 Å². The van der Waals surface area contributed by atoms with Crippen molar-refractivity contribution in [2.24, 2.45) is 0 Å². The van der Waals surface area contributed by atoms with E-state index in [1.807, 2.05) is 24.3 Å². The van der Waals surface area contributed by atoms with Gasteiger partial charge in [0.05, 0.1) is 13.0 Å². The zero-order valence-corrected chi connectivity index (χ0v) is 11.4. The number of hydrogen-bond donors (Lipinski definition) is 0. The lowest BCUT2D eigenvalue weighted by Gasteiger charge is -2.16. The Morgan fingerprint density at radius 2 is 2.30 bits per heavy atom. The molecule has 1 aromatic carbocycles. The highest BCUT2D eigenvalue weighted by Crippen LogP contribution is 2.32. The number of carbonyl (C=O) groups excluding carboxylic acids is 1. The number of benzene rings is 1. The van der Waals surface area contributed by atoms with Crippen molar-refractivity contribution in [2.45, 2.75) is 19.3 Å². The molecule has 1 aromatic heterocycles. The number of carbonyl (C=O) groups is 1. The van der Waals surface area contributed by atoms with Crippen molar-refractivity contribution >= 4 is 11.6 Å². The Labute approximate surface area is 116 Å². The Kier molecular flexibility index (Phi) is 3.14. The van der Waals surface area contributed by atoms with Crippen molar-refractivity contribution in [3.63, 3.8) is 0 Å². The third-order valence-corrected chi connectivity index (χ3v) is 3.38. The normalized spacial score (nSPS) is 18.6. The van der Waals surface area contributed by atoms with Crippen molar-refractivity contribution in [3.05, 3.63) is 36.0 Å². The number of nitrogens with zero attached hydrogens (tertiary/aromatic N) is 3. The largest absolute Gasteiger partial charge is 0.497 e. The van der Waals surface area contributed by atoms with Crippen LogP contribution in [0.5, 0.6) is 5.75 Å². The fourth-order valence-electron chi connectivity index (χ4n) is 2.38. The summed E-state index contributed by atoms with van der Waals surface area (Å²) in [5.41, 5.74) is 0.827. The Morgan fingerprint density at radius 3 is 3.00 bits per heavy atom. The zero-order chi connectivity index (χ0) is 14.1. The molecule has 0 radical (unpaired) electrons. The van der Waals surface area contributed by atoms with E-state index < -0.39 is 0 Å². The molecule has 1 amide bonds. The lowest BCUT2D eigenvalue weighted by Crippen LogP contribution is -2.24. The number of aromatic nitrogens is 2. The molecule has 104 valence electrons. The van der Waals surface area contributed by atoms with Gasteiger partial charge in [0, 0.05) is 24.7 Å². The first-order valence-electron chi connectivity index (χ1n) is 6.42. The summed E-state index contributed by atoms with van der Waals surface area (Å²) in [6, 6.07) is 7.45. The summed E-state index contributed by atoms with van der Waals surface area (Å²) in [5, 5.41) is 3.78. The molecule has 2 heterocycles. The highest BCUT2D eigenvalue weighted by Gasteiger charge is 2.35. The standard InChI is InChI=1S/C14H15N3O3/c1-9-15-14(20-16-9)10-6-13(18)17(8-10)11-4-3-5-12(7-11)19-2/h3-5,7,10H,6,8H2,1-2H3. The number of anilines is 1. The Hall–Kier alpha value is -2.37. The quantitative estimate of drug-likeness (QED) is 0.854. The molecule has 1 fully saturated rings. The predicted molar refractivity (Wildman–Crippen MR) is 71.7 cm³/mol. The molecule has 0 N–H and O–H groups in total. The minimum absolute atomic E-state index is 0.0464. The molecule has 0 spiro atoms. The van der Waals surface area contributed by atoms with E-state index in [1.54, 1.807) is 18.9 Å². The van der Waals surface area contributed by atoms with E-state index >= 15 is 0 Å². The van der Waals surface area contributed by atoms with Crippen molar-refractivity contribution < 1.29 is 14.1 Å². The minimum Gasteiger partial charge on any atom is -0.497 e. The van der Waals surface area contributed by atoms with Gasteiger partial charge in [0.25, 0.3) is 0 Å². The van der Waals surface area contributed by atoms with Crippen LogP contribution >= 0.6 is 0 Å². The van der Waals surface area contributed by atoms with Crippen LogP contribution in [0.2, 0.25) is 0 Å². The van der Waals surface area contributed by atoms with E-state index in [-0.39, 0.29) is 11.8 Å². The second kappa shape index (κ2) is 4.96. The average Bonchev–Trinajstić information content (AvgIpc) is 3.05. The van der Waals surface area contributed by atoms with Crippen LogP contribution in [0.4, 0.5) is 5.69 Å². The number of rotatable bonds is 3. The van der Waals surface area contributed by atoms with Crippen LogP contribution < -0.4 is 9.64 Å². The van der Waals surface area contributed by atoms with Gasteiger partial charge in [0.2, 0.25) is 11.8 Å². The van der Waals surface area contributed by atoms with Crippen LogP contribution in [0.25, 0.3) is 0 Å². The molecular weight excluding hydrogens is 258 g/mol. The van der Waals surface area contributed by atoms with E-state index in [1.165, 1.54) is 0 Å². The highest BCUT2D eigenvalue weighted by molar-refractivity contribution is 5.96. The van der Waals surface area contributed by atoms with Crippen LogP contribution in [-0.4, -0.2) is 29.7 Å². The van der Waals surface area contributed by atoms with E-state index in [2.05, 4.69) is 10.1 Å². The molecule has 0 aliphatic carbocycles. The first-order valence-corrected chi connectivity index (χ1v) is 6.42. The topological polar surface area (TPSA) is 68.5 Å². The van der Waals surface area contributed by atoms with Crippen LogP contribution in [0.1, 0.15) is 24.1 Å². The fourth-order valence-corrected chi connectivity index (χ4v) is 2.38. The smallest absolute Gasteiger partial charge is 0.232 e. The van der Waals surface area contributed by atoms with E-state index in [0.29, 0.717) is 24.7 Å². The van der Waals surface area contributed by atoms with Gasteiger partial charge in [-0.2, -0.15) is 4.98 Å². The minimum atomic E-state index is -0.0464. The maximum Gasteiger partial charge on any atom is 0.232 e. The van der Waals surface area contributed by atoms with Crippen molar-refractivity contribution in [3.8, 4) is 5.75 Å². The second-order valence-electron chi connectivity index (χ2n) is 4.79.